The highest BCUT2D eigenvalue weighted by Crippen LogP contribution is 2.08. The molecule has 6 nitrogen and oxygen atoms in total. The molecule has 0 aromatic carbocycles. The van der Waals surface area contributed by atoms with Gasteiger partial charge in [0.05, 0.1) is 6.07 Å². The molecular weight excluding hydrogens is 316 g/mol. The average molecular weight is 345 g/mol. The Balaban J connectivity index is 2.83. The van der Waals surface area contributed by atoms with Gasteiger partial charge in [-0.1, -0.05) is 19.5 Å². The minimum Gasteiger partial charge on any atom is -0.494 e. The lowest BCUT2D eigenvalue weighted by Gasteiger charge is -2.14. The van der Waals surface area contributed by atoms with Crippen LogP contribution in [0.3, 0.4) is 0 Å². The van der Waals surface area contributed by atoms with Gasteiger partial charge in [-0.15, -0.1) is 0 Å². The van der Waals surface area contributed by atoms with Crippen LogP contribution >= 0.6 is 0 Å². The van der Waals surface area contributed by atoms with Gasteiger partial charge in [-0.2, -0.15) is 0 Å². The van der Waals surface area contributed by atoms with Crippen molar-refractivity contribution in [2.24, 2.45) is 0 Å². The van der Waals surface area contributed by atoms with Crippen molar-refractivity contribution in [1.29, 1.82) is 0 Å². The van der Waals surface area contributed by atoms with Crippen LogP contribution in [0, 0.1) is 0 Å². The number of nitrogens with zero attached hydrogens (tertiary/aromatic N) is 2. The van der Waals surface area contributed by atoms with Crippen molar-refractivity contribution in [3.05, 3.63) is 26.9 Å². The predicted octanol–water partition coefficient (Wildman–Crippen LogP) is 0.521. The molecule has 0 saturated carbocycles. The number of hydrogen-bond donors (Lipinski definition) is 1. The highest BCUT2D eigenvalue weighted by atomic mass is 28.3. The maximum absolute atomic E-state index is 12.4. The zero-order valence-corrected chi connectivity index (χ0v) is 16.4. The highest BCUT2D eigenvalue weighted by Gasteiger charge is 2.12. The molecule has 1 rings (SSSR count). The number of rotatable bonds is 10. The summed E-state index contributed by atoms with van der Waals surface area (Å²) in [6, 6.07) is 4.28. The fourth-order valence-corrected chi connectivity index (χ4v) is 4.84. The lowest BCUT2D eigenvalue weighted by atomic mass is 10.4. The van der Waals surface area contributed by atoms with Crippen LogP contribution < -0.4 is 11.2 Å². The van der Waals surface area contributed by atoms with Gasteiger partial charge < -0.3 is 9.53 Å². The molecule has 0 spiro atoms. The van der Waals surface area contributed by atoms with E-state index in [-0.39, 0.29) is 15.4 Å². The summed E-state index contributed by atoms with van der Waals surface area (Å²) < 4.78 is 8.00. The molecule has 0 radical (unpaired) electrons. The Bertz CT molecular complexity index is 567. The second kappa shape index (κ2) is 9.80. The summed E-state index contributed by atoms with van der Waals surface area (Å²) in [5.41, 5.74) is -0.802. The van der Waals surface area contributed by atoms with E-state index in [1.807, 2.05) is 0 Å². The first-order valence-electron chi connectivity index (χ1n) is 8.11. The van der Waals surface area contributed by atoms with Gasteiger partial charge in [0.2, 0.25) is 5.88 Å². The molecule has 0 saturated heterocycles. The molecule has 0 aliphatic carbocycles. The molecule has 1 N–H and O–H groups in total. The third-order valence-corrected chi connectivity index (χ3v) is 7.78. The van der Waals surface area contributed by atoms with Crippen LogP contribution in [0.25, 0.3) is 0 Å². The van der Waals surface area contributed by atoms with Crippen molar-refractivity contribution in [2.45, 2.75) is 57.5 Å². The van der Waals surface area contributed by atoms with Crippen molar-refractivity contribution in [3.8, 4) is 5.88 Å². The van der Waals surface area contributed by atoms with Gasteiger partial charge in [-0.25, -0.2) is 4.79 Å². The molecule has 0 amide bonds. The first kappa shape index (κ1) is 18.9. The van der Waals surface area contributed by atoms with Crippen LogP contribution in [-0.2, 0) is 17.5 Å². The minimum absolute atomic E-state index is 0.0549. The number of aromatic hydroxyl groups is 1. The van der Waals surface area contributed by atoms with E-state index in [0.29, 0.717) is 13.1 Å². The van der Waals surface area contributed by atoms with Gasteiger partial charge >= 0.3 is 5.69 Å². The molecule has 1 atom stereocenters. The maximum atomic E-state index is 12.4. The van der Waals surface area contributed by atoms with E-state index in [2.05, 4.69) is 13.5 Å². The van der Waals surface area contributed by atoms with Gasteiger partial charge in [-0.3, -0.25) is 13.9 Å². The summed E-state index contributed by atoms with van der Waals surface area (Å²) in [6.45, 7) is 5.20. The normalized spacial score (nSPS) is 13.0. The largest absolute Gasteiger partial charge is 0.494 e. The van der Waals surface area contributed by atoms with Crippen LogP contribution in [0.15, 0.2) is 15.7 Å². The van der Waals surface area contributed by atoms with Gasteiger partial charge in [0, 0.05) is 29.7 Å². The predicted molar refractivity (Wildman–Crippen MR) is 94.5 cm³/mol. The number of aromatic nitrogens is 2. The topological polar surface area (TPSA) is 73.5 Å². The summed E-state index contributed by atoms with van der Waals surface area (Å²) in [5.74, 6) is -0.233. The van der Waals surface area contributed by atoms with Gasteiger partial charge in [0.25, 0.3) is 5.56 Å². The van der Waals surface area contributed by atoms with Crippen LogP contribution in [0.2, 0.25) is 24.7 Å². The quantitative estimate of drug-likeness (QED) is 0.496. The molecule has 0 fully saturated rings. The fourth-order valence-electron chi connectivity index (χ4n) is 2.51. The lowest BCUT2D eigenvalue weighted by Crippen LogP contribution is -2.39. The molecule has 1 aromatic rings. The Kier molecular flexibility index (Phi) is 8.43. The van der Waals surface area contributed by atoms with Crippen LogP contribution in [0.1, 0.15) is 19.8 Å². The van der Waals surface area contributed by atoms with E-state index in [1.165, 1.54) is 9.13 Å². The van der Waals surface area contributed by atoms with Crippen molar-refractivity contribution in [3.63, 3.8) is 0 Å². The summed E-state index contributed by atoms with van der Waals surface area (Å²) in [6.07, 6.45) is 1.64. The van der Waals surface area contributed by atoms with Crippen molar-refractivity contribution < 1.29 is 9.53 Å². The Labute approximate surface area is 135 Å². The smallest absolute Gasteiger partial charge is 0.333 e. The van der Waals surface area contributed by atoms with Crippen LogP contribution in [-0.4, -0.2) is 39.9 Å². The summed E-state index contributed by atoms with van der Waals surface area (Å²) in [5, 5.41) is 9.88. The van der Waals surface area contributed by atoms with E-state index in [1.54, 1.807) is 7.11 Å². The molecule has 126 valence electrons. The molecule has 0 aliphatic rings. The van der Waals surface area contributed by atoms with E-state index in [0.717, 1.165) is 37.0 Å². The monoisotopic (exact) mass is 344 g/mol. The second-order valence-corrected chi connectivity index (χ2v) is 10.4. The van der Waals surface area contributed by atoms with Gasteiger partial charge in [0.1, 0.15) is 0 Å². The molecule has 22 heavy (non-hydrogen) atoms. The SMILES string of the molecule is CC[SiH](CCCn1c(O)cc(=O)n(CCC[SiH2]C)c1=O)OC. The third kappa shape index (κ3) is 5.25. The fraction of sp³-hybridized carbons (Fsp3) is 0.714. The molecule has 1 aromatic heterocycles. The molecule has 8 heteroatoms. The van der Waals surface area contributed by atoms with E-state index in [9.17, 15) is 14.7 Å². The van der Waals surface area contributed by atoms with Crippen molar-refractivity contribution >= 4 is 18.6 Å². The van der Waals surface area contributed by atoms with E-state index in [4.69, 9.17) is 4.43 Å². The summed E-state index contributed by atoms with van der Waals surface area (Å²) in [4.78, 5) is 24.2. The Morgan fingerprint density at radius 1 is 1.27 bits per heavy atom. The Morgan fingerprint density at radius 3 is 2.55 bits per heavy atom. The highest BCUT2D eigenvalue weighted by molar-refractivity contribution is 6.51. The standard InChI is InChI=1S/C14H28N2O4Si2/c1-4-22(20-2)10-6-8-16-13(18)11-12(17)15(14(16)19)7-5-9-21-3/h11,18,22H,4-10,21H2,1-3H3. The molecule has 1 heterocycles. The summed E-state index contributed by atoms with van der Waals surface area (Å²) in [7, 11) is 0.512. The van der Waals surface area contributed by atoms with Crippen molar-refractivity contribution in [1.82, 2.24) is 9.13 Å². The Morgan fingerprint density at radius 2 is 1.95 bits per heavy atom. The molecule has 0 aliphatic heterocycles. The Hall–Kier alpha value is -1.13. The zero-order chi connectivity index (χ0) is 16.5. The molecular formula is C14H28N2O4Si2. The first-order chi connectivity index (χ1) is 10.5. The van der Waals surface area contributed by atoms with Gasteiger partial charge in [-0.05, 0) is 24.9 Å². The third-order valence-electron chi connectivity index (χ3n) is 3.94. The summed E-state index contributed by atoms with van der Waals surface area (Å²) >= 11 is 0. The van der Waals surface area contributed by atoms with Crippen molar-refractivity contribution in [2.75, 3.05) is 7.11 Å². The zero-order valence-electron chi connectivity index (χ0n) is 13.9. The molecule has 1 unspecified atom stereocenters. The van der Waals surface area contributed by atoms with Crippen LogP contribution in [0.5, 0.6) is 5.88 Å². The first-order valence-corrected chi connectivity index (χ1v) is 12.6. The molecule has 0 bridgehead atoms. The number of hydrogen-bond acceptors (Lipinski definition) is 4. The lowest BCUT2D eigenvalue weighted by molar-refractivity contribution is 0.381. The maximum Gasteiger partial charge on any atom is 0.333 e. The van der Waals surface area contributed by atoms with E-state index < -0.39 is 20.3 Å². The van der Waals surface area contributed by atoms with Crippen LogP contribution in [0.4, 0.5) is 0 Å². The van der Waals surface area contributed by atoms with E-state index >= 15 is 0 Å². The minimum atomic E-state index is -1.17. The van der Waals surface area contributed by atoms with Gasteiger partial charge in [0.15, 0.2) is 9.04 Å². The average Bonchev–Trinajstić information content (AvgIpc) is 2.50. The second-order valence-electron chi connectivity index (χ2n) is 5.54.